The minimum absolute atomic E-state index is 0.173. The number of likely N-dealkylation sites (tertiary alicyclic amines) is 1. The summed E-state index contributed by atoms with van der Waals surface area (Å²) in [6.45, 7) is 4.95. The average Bonchev–Trinajstić information content (AvgIpc) is 3.78. The second-order valence-electron chi connectivity index (χ2n) is 11.9. The molecule has 7 heterocycles. The van der Waals surface area contributed by atoms with E-state index in [-0.39, 0.29) is 11.9 Å². The summed E-state index contributed by atoms with van der Waals surface area (Å²) in [5.74, 6) is 0.565. The molecule has 0 amide bonds. The first kappa shape index (κ1) is 26.9. The number of rotatable bonds is 8. The van der Waals surface area contributed by atoms with Gasteiger partial charge in [0.2, 0.25) is 0 Å². The molecule has 2 aliphatic rings. The third kappa shape index (κ3) is 5.07. The van der Waals surface area contributed by atoms with Crippen molar-refractivity contribution in [1.82, 2.24) is 40.0 Å². The van der Waals surface area contributed by atoms with Crippen LogP contribution in [0.2, 0.25) is 0 Å². The van der Waals surface area contributed by atoms with E-state index >= 15 is 0 Å². The lowest BCUT2D eigenvalue weighted by molar-refractivity contribution is 0.334. The Morgan fingerprint density at radius 3 is 2.70 bits per heavy atom. The predicted octanol–water partition coefficient (Wildman–Crippen LogP) is 4.94. The number of pyridine rings is 2. The van der Waals surface area contributed by atoms with Crippen LogP contribution in [0.15, 0.2) is 61.2 Å². The van der Waals surface area contributed by atoms with E-state index in [9.17, 15) is 4.39 Å². The number of aromatic nitrogens is 7. The molecule has 1 aromatic carbocycles. The lowest BCUT2D eigenvalue weighted by Crippen LogP contribution is -2.56. The van der Waals surface area contributed by atoms with E-state index in [1.807, 2.05) is 18.2 Å². The molecule has 10 nitrogen and oxygen atoms in total. The zero-order chi connectivity index (χ0) is 29.6. The predicted molar refractivity (Wildman–Crippen MR) is 170 cm³/mol. The van der Waals surface area contributed by atoms with Crippen molar-refractivity contribution < 1.29 is 4.39 Å². The first-order valence-electron chi connectivity index (χ1n) is 15.2. The van der Waals surface area contributed by atoms with Crippen LogP contribution in [0.25, 0.3) is 55.8 Å². The van der Waals surface area contributed by atoms with E-state index in [2.05, 4.69) is 41.0 Å². The zero-order valence-electron chi connectivity index (χ0n) is 24.3. The fraction of sp³-hybridized carbons (Fsp3) is 0.303. The number of fused-ring (bicyclic) bond motifs is 2. The molecule has 2 fully saturated rings. The summed E-state index contributed by atoms with van der Waals surface area (Å²) in [5.41, 5.74) is 13.2. The summed E-state index contributed by atoms with van der Waals surface area (Å²) in [7, 11) is 0. The number of benzene rings is 1. The highest BCUT2D eigenvalue weighted by Crippen LogP contribution is 2.34. The average molecular weight is 589 g/mol. The van der Waals surface area contributed by atoms with Crippen LogP contribution in [-0.2, 0) is 6.42 Å². The van der Waals surface area contributed by atoms with Crippen LogP contribution in [0.1, 0.15) is 24.8 Å². The van der Waals surface area contributed by atoms with Crippen molar-refractivity contribution in [3.05, 3.63) is 72.6 Å². The quantitative estimate of drug-likeness (QED) is 0.228. The van der Waals surface area contributed by atoms with Gasteiger partial charge in [0.25, 0.3) is 0 Å². The standard InChI is InChI=1S/C33H33FN10/c34-23-11-20(4-3-9-43-7-1-2-8-43)10-21(12-23)31-25-14-28(39-27(25)5-6-37-31)32-26-13-22(15-38-33(26)42-41-32)29-16-36-17-30(40-29)44-18-24(35)19-44/h5-6,10-17,24,39H,1-4,7-9,18-19,35H2,(H,38,41,42). The van der Waals surface area contributed by atoms with Gasteiger partial charge in [-0.2, -0.15) is 5.10 Å². The van der Waals surface area contributed by atoms with Gasteiger partial charge in [-0.3, -0.25) is 15.1 Å². The van der Waals surface area contributed by atoms with Crippen molar-refractivity contribution in [2.75, 3.05) is 37.6 Å². The SMILES string of the molecule is NC1CN(c2cncc(-c3cnc4n[nH]c(-c5cc6c(-c7cc(F)cc(CCCN8CCCC8)c7)nccc6[nH]5)c4c3)n2)C1. The van der Waals surface area contributed by atoms with Gasteiger partial charge in [0.05, 0.1) is 35.2 Å². The van der Waals surface area contributed by atoms with E-state index in [1.54, 1.807) is 36.9 Å². The summed E-state index contributed by atoms with van der Waals surface area (Å²) < 4.78 is 14.8. The van der Waals surface area contributed by atoms with Crippen LogP contribution < -0.4 is 10.6 Å². The van der Waals surface area contributed by atoms with Gasteiger partial charge in [0.1, 0.15) is 11.6 Å². The Bertz CT molecular complexity index is 1970. The van der Waals surface area contributed by atoms with Crippen LogP contribution in [-0.4, -0.2) is 78.8 Å². The van der Waals surface area contributed by atoms with Crippen molar-refractivity contribution in [2.45, 2.75) is 31.7 Å². The molecule has 0 bridgehead atoms. The zero-order valence-corrected chi connectivity index (χ0v) is 24.3. The molecule has 2 aliphatic heterocycles. The van der Waals surface area contributed by atoms with Crippen LogP contribution >= 0.6 is 0 Å². The molecule has 0 radical (unpaired) electrons. The number of aromatic amines is 2. The smallest absolute Gasteiger partial charge is 0.181 e. The van der Waals surface area contributed by atoms with Gasteiger partial charge in [-0.05, 0) is 87.3 Å². The fourth-order valence-corrected chi connectivity index (χ4v) is 6.45. The first-order valence-corrected chi connectivity index (χ1v) is 15.2. The molecule has 5 aromatic heterocycles. The topological polar surface area (TPSA) is 129 Å². The van der Waals surface area contributed by atoms with E-state index in [4.69, 9.17) is 15.7 Å². The number of nitrogens with two attached hydrogens (primary N) is 1. The maximum Gasteiger partial charge on any atom is 0.181 e. The summed E-state index contributed by atoms with van der Waals surface area (Å²) in [6, 6.07) is 11.5. The summed E-state index contributed by atoms with van der Waals surface area (Å²) >= 11 is 0. The number of hydrogen-bond donors (Lipinski definition) is 3. The minimum atomic E-state index is -0.240. The van der Waals surface area contributed by atoms with Crippen molar-refractivity contribution >= 4 is 27.8 Å². The van der Waals surface area contributed by atoms with Gasteiger partial charge < -0.3 is 20.5 Å². The van der Waals surface area contributed by atoms with Gasteiger partial charge >= 0.3 is 0 Å². The second-order valence-corrected chi connectivity index (χ2v) is 11.9. The molecular formula is C33H33FN10. The maximum atomic E-state index is 14.8. The number of nitrogens with one attached hydrogen (secondary N) is 2. The third-order valence-electron chi connectivity index (χ3n) is 8.75. The first-order chi connectivity index (χ1) is 21.6. The maximum absolute atomic E-state index is 14.8. The highest BCUT2D eigenvalue weighted by atomic mass is 19.1. The van der Waals surface area contributed by atoms with Crippen LogP contribution in [0.5, 0.6) is 0 Å². The lowest BCUT2D eigenvalue weighted by Gasteiger charge is -2.37. The number of halogens is 1. The Hall–Kier alpha value is -4.74. The Morgan fingerprint density at radius 1 is 0.955 bits per heavy atom. The Balaban J connectivity index is 1.11. The van der Waals surface area contributed by atoms with Crippen LogP contribution in [0, 0.1) is 5.82 Å². The number of aryl methyl sites for hydroxylation is 1. The van der Waals surface area contributed by atoms with E-state index in [1.165, 1.54) is 25.9 Å². The number of anilines is 1. The second kappa shape index (κ2) is 11.1. The minimum Gasteiger partial charge on any atom is -0.353 e. The van der Waals surface area contributed by atoms with E-state index in [0.29, 0.717) is 5.65 Å². The molecule has 0 aliphatic carbocycles. The van der Waals surface area contributed by atoms with Gasteiger partial charge in [-0.15, -0.1) is 0 Å². The largest absolute Gasteiger partial charge is 0.353 e. The highest BCUT2D eigenvalue weighted by molar-refractivity contribution is 6.00. The van der Waals surface area contributed by atoms with Gasteiger partial charge in [0.15, 0.2) is 5.65 Å². The Morgan fingerprint density at radius 2 is 1.84 bits per heavy atom. The summed E-state index contributed by atoms with van der Waals surface area (Å²) in [4.78, 5) is 26.6. The van der Waals surface area contributed by atoms with Gasteiger partial charge in [0, 0.05) is 58.9 Å². The molecule has 2 saturated heterocycles. The van der Waals surface area contributed by atoms with Crippen molar-refractivity contribution in [3.63, 3.8) is 0 Å². The summed E-state index contributed by atoms with van der Waals surface area (Å²) in [5, 5.41) is 9.38. The molecule has 4 N–H and O–H groups in total. The van der Waals surface area contributed by atoms with Crippen molar-refractivity contribution in [3.8, 4) is 33.9 Å². The normalized spacial score (nSPS) is 15.9. The fourth-order valence-electron chi connectivity index (χ4n) is 6.45. The number of H-pyrrole nitrogens is 2. The Kier molecular flexibility index (Phi) is 6.76. The molecule has 0 spiro atoms. The highest BCUT2D eigenvalue weighted by Gasteiger charge is 2.25. The molecule has 44 heavy (non-hydrogen) atoms. The van der Waals surface area contributed by atoms with Crippen LogP contribution in [0.4, 0.5) is 10.2 Å². The summed E-state index contributed by atoms with van der Waals surface area (Å²) in [6.07, 6.45) is 11.4. The third-order valence-corrected chi connectivity index (χ3v) is 8.75. The molecule has 11 heteroatoms. The monoisotopic (exact) mass is 588 g/mol. The molecule has 0 saturated carbocycles. The number of hydrogen-bond acceptors (Lipinski definition) is 8. The Labute approximate surface area is 253 Å². The van der Waals surface area contributed by atoms with Crippen molar-refractivity contribution in [1.29, 1.82) is 0 Å². The van der Waals surface area contributed by atoms with Crippen LogP contribution in [0.3, 0.4) is 0 Å². The molecular weight excluding hydrogens is 555 g/mol. The van der Waals surface area contributed by atoms with Crippen molar-refractivity contribution in [2.24, 2.45) is 5.73 Å². The van der Waals surface area contributed by atoms with E-state index < -0.39 is 0 Å². The molecule has 0 atom stereocenters. The molecule has 222 valence electrons. The van der Waals surface area contributed by atoms with E-state index in [0.717, 1.165) is 94.0 Å². The molecule has 8 rings (SSSR count). The molecule has 0 unspecified atom stereocenters. The molecule has 6 aromatic rings. The lowest BCUT2D eigenvalue weighted by atomic mass is 10.0. The number of nitrogens with zero attached hydrogens (tertiary/aromatic N) is 7. The van der Waals surface area contributed by atoms with Gasteiger partial charge in [-0.25, -0.2) is 14.4 Å². The van der Waals surface area contributed by atoms with Gasteiger partial charge in [-0.1, -0.05) is 0 Å².